The average molecular weight is 303 g/mol. The summed E-state index contributed by atoms with van der Waals surface area (Å²) in [5, 5.41) is 3.49. The number of fused-ring (bicyclic) bond motifs is 1. The van der Waals surface area contributed by atoms with E-state index in [1.807, 2.05) is 18.2 Å². The maximum atomic E-state index is 5.64. The zero-order chi connectivity index (χ0) is 15.4. The number of methoxy groups -OCH3 is 1. The van der Waals surface area contributed by atoms with Crippen molar-refractivity contribution in [2.45, 2.75) is 0 Å². The molecule has 1 aliphatic heterocycles. The summed E-state index contributed by atoms with van der Waals surface area (Å²) in [6, 6.07) is 6.24. The standard InChI is InChI=1S/C14H17N5O3/c1-15-18-14(20-2)17-13-16-11-4-3-10(9-12(11)22-13)19-5-7-21-8-6-19/h3-4,9H,1,5-8H2,2H3,(H,16,17,18). The van der Waals surface area contributed by atoms with Gasteiger partial charge in [0.2, 0.25) is 0 Å². The molecule has 8 nitrogen and oxygen atoms in total. The van der Waals surface area contributed by atoms with Gasteiger partial charge >= 0.3 is 12.0 Å². The summed E-state index contributed by atoms with van der Waals surface area (Å²) in [6.45, 7) is 6.52. The highest BCUT2D eigenvalue weighted by Gasteiger charge is 2.13. The van der Waals surface area contributed by atoms with Gasteiger partial charge in [-0.1, -0.05) is 0 Å². The molecule has 22 heavy (non-hydrogen) atoms. The molecule has 0 aliphatic carbocycles. The Balaban J connectivity index is 1.88. The summed E-state index contributed by atoms with van der Waals surface area (Å²) >= 11 is 0. The lowest BCUT2D eigenvalue weighted by Crippen LogP contribution is -2.36. The minimum absolute atomic E-state index is 0.162. The van der Waals surface area contributed by atoms with Crippen LogP contribution in [0, 0.1) is 0 Å². The van der Waals surface area contributed by atoms with E-state index < -0.39 is 0 Å². The smallest absolute Gasteiger partial charge is 0.327 e. The van der Waals surface area contributed by atoms with E-state index >= 15 is 0 Å². The highest BCUT2D eigenvalue weighted by molar-refractivity contribution is 5.80. The first-order chi connectivity index (χ1) is 10.8. The molecule has 0 spiro atoms. The zero-order valence-corrected chi connectivity index (χ0v) is 12.3. The van der Waals surface area contributed by atoms with Crippen LogP contribution in [0.1, 0.15) is 0 Å². The summed E-state index contributed by atoms with van der Waals surface area (Å²) in [5.41, 5.74) is 5.00. The number of nitrogens with zero attached hydrogens (tertiary/aromatic N) is 4. The molecule has 1 aromatic heterocycles. The zero-order valence-electron chi connectivity index (χ0n) is 12.3. The van der Waals surface area contributed by atoms with Crippen LogP contribution in [0.15, 0.2) is 32.7 Å². The van der Waals surface area contributed by atoms with E-state index in [4.69, 9.17) is 13.9 Å². The number of hydrazone groups is 1. The van der Waals surface area contributed by atoms with Gasteiger partial charge in [0.1, 0.15) is 5.52 Å². The molecule has 3 rings (SSSR count). The summed E-state index contributed by atoms with van der Waals surface area (Å²) in [4.78, 5) is 10.6. The van der Waals surface area contributed by atoms with Crippen LogP contribution in [0.5, 0.6) is 0 Å². The molecular weight excluding hydrogens is 286 g/mol. The quantitative estimate of drug-likeness (QED) is 0.525. The minimum atomic E-state index is 0.162. The molecule has 1 fully saturated rings. The van der Waals surface area contributed by atoms with E-state index in [0.29, 0.717) is 5.58 Å². The number of benzene rings is 1. The van der Waals surface area contributed by atoms with Crippen LogP contribution in [0.2, 0.25) is 0 Å². The van der Waals surface area contributed by atoms with Gasteiger partial charge in [-0.05, 0) is 12.1 Å². The van der Waals surface area contributed by atoms with Crippen molar-refractivity contribution >= 4 is 35.5 Å². The highest BCUT2D eigenvalue weighted by Crippen LogP contribution is 2.26. The van der Waals surface area contributed by atoms with Gasteiger partial charge in [0.05, 0.1) is 20.3 Å². The number of hydrogen-bond acceptors (Lipinski definition) is 7. The van der Waals surface area contributed by atoms with Gasteiger partial charge < -0.3 is 18.8 Å². The maximum Gasteiger partial charge on any atom is 0.327 e. The Bertz CT molecular complexity index is 691. The predicted molar refractivity (Wildman–Crippen MR) is 83.8 cm³/mol. The first-order valence-corrected chi connectivity index (χ1v) is 6.88. The van der Waals surface area contributed by atoms with Gasteiger partial charge in [0.15, 0.2) is 5.58 Å². The lowest BCUT2D eigenvalue weighted by molar-refractivity contribution is 0.122. The van der Waals surface area contributed by atoms with E-state index in [1.165, 1.54) is 7.11 Å². The lowest BCUT2D eigenvalue weighted by Gasteiger charge is -2.28. The van der Waals surface area contributed by atoms with Crippen molar-refractivity contribution in [1.82, 2.24) is 10.4 Å². The third-order valence-corrected chi connectivity index (χ3v) is 3.30. The van der Waals surface area contributed by atoms with Crippen LogP contribution >= 0.6 is 0 Å². The molecular formula is C14H17N5O3. The van der Waals surface area contributed by atoms with Crippen LogP contribution in [0.25, 0.3) is 11.1 Å². The molecule has 1 aliphatic rings. The van der Waals surface area contributed by atoms with Crippen LogP contribution in [0.3, 0.4) is 0 Å². The number of ether oxygens (including phenoxy) is 2. The summed E-state index contributed by atoms with van der Waals surface area (Å²) in [6.07, 6.45) is 0. The largest absolute Gasteiger partial charge is 0.467 e. The van der Waals surface area contributed by atoms with Gasteiger partial charge in [-0.15, -0.1) is 4.99 Å². The number of aromatic nitrogens is 1. The van der Waals surface area contributed by atoms with E-state index in [9.17, 15) is 0 Å². The fourth-order valence-corrected chi connectivity index (χ4v) is 2.24. The molecule has 0 unspecified atom stereocenters. The monoisotopic (exact) mass is 303 g/mol. The Morgan fingerprint density at radius 3 is 2.95 bits per heavy atom. The van der Waals surface area contributed by atoms with Crippen molar-refractivity contribution in [3.63, 3.8) is 0 Å². The Labute approximate surface area is 127 Å². The van der Waals surface area contributed by atoms with Crippen molar-refractivity contribution < 1.29 is 13.9 Å². The third kappa shape index (κ3) is 3.01. The van der Waals surface area contributed by atoms with Gasteiger partial charge in [-0.3, -0.25) is 0 Å². The maximum absolute atomic E-state index is 5.64. The molecule has 0 bridgehead atoms. The molecule has 0 atom stereocenters. The van der Waals surface area contributed by atoms with E-state index in [2.05, 4.69) is 32.1 Å². The van der Waals surface area contributed by atoms with Crippen molar-refractivity contribution in [3.05, 3.63) is 18.2 Å². The average Bonchev–Trinajstić information content (AvgIpc) is 2.96. The molecule has 2 aromatic rings. The molecule has 116 valence electrons. The van der Waals surface area contributed by atoms with Gasteiger partial charge in [-0.25, -0.2) is 5.43 Å². The predicted octanol–water partition coefficient (Wildman–Crippen LogP) is 1.50. The number of hydrogen-bond donors (Lipinski definition) is 1. The second-order valence-corrected chi connectivity index (χ2v) is 4.64. The molecule has 0 radical (unpaired) electrons. The second kappa shape index (κ2) is 6.44. The number of rotatable bonds is 3. The van der Waals surface area contributed by atoms with Gasteiger partial charge in [-0.2, -0.15) is 10.1 Å². The number of morpholine rings is 1. The van der Waals surface area contributed by atoms with Crippen molar-refractivity contribution in [3.8, 4) is 0 Å². The van der Waals surface area contributed by atoms with Gasteiger partial charge in [0, 0.05) is 31.6 Å². The second-order valence-electron chi connectivity index (χ2n) is 4.64. The topological polar surface area (TPSA) is 84.5 Å². The van der Waals surface area contributed by atoms with Crippen LogP contribution < -0.4 is 10.3 Å². The fraction of sp³-hybridized carbons (Fsp3) is 0.357. The highest BCUT2D eigenvalue weighted by atomic mass is 16.5. The van der Waals surface area contributed by atoms with Crippen molar-refractivity contribution in [1.29, 1.82) is 0 Å². The lowest BCUT2D eigenvalue weighted by atomic mass is 10.2. The molecule has 0 saturated carbocycles. The van der Waals surface area contributed by atoms with Crippen molar-refractivity contribution in [2.75, 3.05) is 38.3 Å². The molecule has 1 aromatic carbocycles. The Morgan fingerprint density at radius 1 is 1.41 bits per heavy atom. The number of nitrogens with one attached hydrogen (secondary N) is 1. The van der Waals surface area contributed by atoms with E-state index in [0.717, 1.165) is 37.5 Å². The normalized spacial score (nSPS) is 15.9. The SMILES string of the molecule is C=NNC(=Nc1nc2ccc(N3CCOCC3)cc2o1)OC. The Kier molecular flexibility index (Phi) is 4.19. The summed E-state index contributed by atoms with van der Waals surface area (Å²) in [5.74, 6) is 0. The van der Waals surface area contributed by atoms with E-state index in [1.54, 1.807) is 0 Å². The number of anilines is 1. The molecule has 1 N–H and O–H groups in total. The molecule has 0 amide bonds. The number of oxazole rings is 1. The molecule has 8 heteroatoms. The first kappa shape index (κ1) is 14.3. The number of amidine groups is 1. The van der Waals surface area contributed by atoms with Crippen LogP contribution in [-0.2, 0) is 9.47 Å². The van der Waals surface area contributed by atoms with E-state index in [-0.39, 0.29) is 12.0 Å². The minimum Gasteiger partial charge on any atom is -0.467 e. The first-order valence-electron chi connectivity index (χ1n) is 6.88. The Morgan fingerprint density at radius 2 is 2.23 bits per heavy atom. The third-order valence-electron chi connectivity index (χ3n) is 3.30. The summed E-state index contributed by atoms with van der Waals surface area (Å²) in [7, 11) is 1.47. The van der Waals surface area contributed by atoms with Crippen molar-refractivity contribution in [2.24, 2.45) is 10.1 Å². The van der Waals surface area contributed by atoms with Crippen LogP contribution in [0.4, 0.5) is 11.7 Å². The molecule has 1 saturated heterocycles. The molecule has 2 heterocycles. The van der Waals surface area contributed by atoms with Crippen LogP contribution in [-0.4, -0.2) is 51.1 Å². The summed E-state index contributed by atoms with van der Waals surface area (Å²) < 4.78 is 16.0. The Hall–Kier alpha value is -2.61. The fourth-order valence-electron chi connectivity index (χ4n) is 2.24. The number of aliphatic imine (C=N–C) groups is 1. The van der Waals surface area contributed by atoms with Gasteiger partial charge in [0.25, 0.3) is 0 Å².